The third-order valence-corrected chi connectivity index (χ3v) is 5.23. The number of hydrogen-bond acceptors (Lipinski definition) is 10. The van der Waals surface area contributed by atoms with Gasteiger partial charge < -0.3 is 25.4 Å². The number of hydrogen-bond donors (Lipinski definition) is 5. The molecule has 1 aliphatic heterocycles. The molecule has 1 aliphatic rings. The summed E-state index contributed by atoms with van der Waals surface area (Å²) in [6.45, 7) is -0.356. The first kappa shape index (κ1) is 24.4. The van der Waals surface area contributed by atoms with E-state index in [1.54, 1.807) is 30.3 Å². The molecule has 180 valence electrons. The number of benzene rings is 2. The number of aromatic hydroxyl groups is 2. The van der Waals surface area contributed by atoms with Gasteiger partial charge in [-0.05, 0) is 16.1 Å². The topological polar surface area (TPSA) is 207 Å². The van der Waals surface area contributed by atoms with Gasteiger partial charge in [0.25, 0.3) is 5.91 Å². The van der Waals surface area contributed by atoms with Gasteiger partial charge in [-0.15, -0.1) is 5.11 Å². The third kappa shape index (κ3) is 5.96. The molecule has 14 nitrogen and oxygen atoms in total. The van der Waals surface area contributed by atoms with Crippen molar-refractivity contribution in [2.75, 3.05) is 6.54 Å². The summed E-state index contributed by atoms with van der Waals surface area (Å²) >= 11 is 0. The molecule has 2 aromatic rings. The second kappa shape index (κ2) is 10.1. The number of imide groups is 1. The highest BCUT2D eigenvalue weighted by Gasteiger charge is 2.43. The standard InChI is InChI=1S/C19H19N5O9S/c25-14-8-4-7-12(15(14)26)16(27)21-23-34(31,32)22-18(29)24-9-13(17(24)28)20-19(30)33-10-11-5-2-1-3-6-11/h1-8,13,16,25-27H,9-10H2,(H,20,30)(H,22,29). The van der Waals surface area contributed by atoms with Crippen LogP contribution in [0.1, 0.15) is 17.4 Å². The molecule has 15 heteroatoms. The maximum absolute atomic E-state index is 12.1. The van der Waals surface area contributed by atoms with Gasteiger partial charge in [0.1, 0.15) is 12.6 Å². The number of carbonyl (C=O) groups excluding carboxylic acids is 3. The van der Waals surface area contributed by atoms with Gasteiger partial charge in [0, 0.05) is 0 Å². The van der Waals surface area contributed by atoms with Gasteiger partial charge in [-0.25, -0.2) is 14.3 Å². The van der Waals surface area contributed by atoms with Crippen molar-refractivity contribution in [3.05, 3.63) is 59.7 Å². The number of phenols is 2. The zero-order valence-corrected chi connectivity index (χ0v) is 18.0. The molecule has 1 fully saturated rings. The van der Waals surface area contributed by atoms with E-state index in [1.807, 2.05) is 0 Å². The summed E-state index contributed by atoms with van der Waals surface area (Å²) in [5, 5.41) is 34.2. The van der Waals surface area contributed by atoms with E-state index in [1.165, 1.54) is 10.8 Å². The summed E-state index contributed by atoms with van der Waals surface area (Å²) in [5.41, 5.74) is 0.388. The van der Waals surface area contributed by atoms with E-state index in [4.69, 9.17) is 4.74 Å². The highest BCUT2D eigenvalue weighted by Crippen LogP contribution is 2.33. The maximum Gasteiger partial charge on any atom is 0.408 e. The van der Waals surface area contributed by atoms with E-state index in [0.717, 1.165) is 17.7 Å². The monoisotopic (exact) mass is 493 g/mol. The zero-order chi connectivity index (χ0) is 24.9. The number of β-lactam (4-membered cyclic amide) rings is 1. The number of rotatable bonds is 7. The van der Waals surface area contributed by atoms with Crippen LogP contribution < -0.4 is 10.0 Å². The van der Waals surface area contributed by atoms with Crippen LogP contribution in [-0.2, 0) is 26.3 Å². The third-order valence-electron chi connectivity index (χ3n) is 4.48. The Bertz CT molecular complexity index is 1220. The quantitative estimate of drug-likeness (QED) is 0.208. The first-order chi connectivity index (χ1) is 16.1. The minimum atomic E-state index is -4.78. The summed E-state index contributed by atoms with van der Waals surface area (Å²) in [7, 11) is -4.78. The summed E-state index contributed by atoms with van der Waals surface area (Å²) < 4.78 is 33.1. The van der Waals surface area contributed by atoms with Crippen molar-refractivity contribution in [2.45, 2.75) is 18.9 Å². The first-order valence-electron chi connectivity index (χ1n) is 9.53. The highest BCUT2D eigenvalue weighted by molar-refractivity contribution is 7.88. The smallest absolute Gasteiger partial charge is 0.408 e. The van der Waals surface area contributed by atoms with Crippen LogP contribution in [-0.4, -0.2) is 59.3 Å². The highest BCUT2D eigenvalue weighted by atomic mass is 32.2. The van der Waals surface area contributed by atoms with Crippen LogP contribution in [0, 0.1) is 0 Å². The van der Waals surface area contributed by atoms with E-state index in [9.17, 15) is 38.1 Å². The van der Waals surface area contributed by atoms with Gasteiger partial charge >= 0.3 is 22.3 Å². The van der Waals surface area contributed by atoms with Gasteiger partial charge in [0.2, 0.25) is 0 Å². The average molecular weight is 493 g/mol. The molecule has 4 amide bonds. The maximum atomic E-state index is 12.1. The summed E-state index contributed by atoms with van der Waals surface area (Å²) in [6.07, 6.45) is -2.87. The molecule has 2 aromatic carbocycles. The van der Waals surface area contributed by atoms with Crippen LogP contribution in [0.4, 0.5) is 9.59 Å². The first-order valence-corrected chi connectivity index (χ1v) is 11.0. The molecule has 0 aliphatic carbocycles. The number of nitrogens with zero attached hydrogens (tertiary/aromatic N) is 3. The van der Waals surface area contributed by atoms with Crippen molar-refractivity contribution < 1.29 is 42.9 Å². The number of carbonyl (C=O) groups is 3. The molecule has 2 unspecified atom stereocenters. The van der Waals surface area contributed by atoms with E-state index < -0.39 is 52.0 Å². The van der Waals surface area contributed by atoms with Crippen molar-refractivity contribution >= 4 is 28.2 Å². The molecule has 1 saturated heterocycles. The number of ether oxygens (including phenoxy) is 1. The number of aliphatic hydroxyl groups is 1. The molecule has 5 N–H and O–H groups in total. The van der Waals surface area contributed by atoms with Gasteiger partial charge in [-0.3, -0.25) is 9.69 Å². The van der Waals surface area contributed by atoms with Crippen molar-refractivity contribution in [3.63, 3.8) is 0 Å². The number of aliphatic hydroxyl groups excluding tert-OH is 1. The Balaban J connectivity index is 1.48. The number of amides is 4. The fourth-order valence-corrected chi connectivity index (χ4v) is 3.32. The predicted molar refractivity (Wildman–Crippen MR) is 112 cm³/mol. The number of para-hydroxylation sites is 1. The molecule has 0 spiro atoms. The second-order valence-corrected chi connectivity index (χ2v) is 8.19. The van der Waals surface area contributed by atoms with Crippen molar-refractivity contribution in [2.24, 2.45) is 9.63 Å². The lowest BCUT2D eigenvalue weighted by molar-refractivity contribution is -0.139. The van der Waals surface area contributed by atoms with Crippen LogP contribution in [0.3, 0.4) is 0 Å². The Labute approximate surface area is 192 Å². The van der Waals surface area contributed by atoms with Crippen LogP contribution in [0.25, 0.3) is 0 Å². The summed E-state index contributed by atoms with van der Waals surface area (Å²) in [4.78, 5) is 36.4. The van der Waals surface area contributed by atoms with Crippen LogP contribution in [0.2, 0.25) is 0 Å². The van der Waals surface area contributed by atoms with E-state index in [-0.39, 0.29) is 18.7 Å². The normalized spacial score (nSPS) is 16.6. The van der Waals surface area contributed by atoms with Crippen molar-refractivity contribution in [1.29, 1.82) is 0 Å². The van der Waals surface area contributed by atoms with Crippen LogP contribution >= 0.6 is 0 Å². The molecule has 34 heavy (non-hydrogen) atoms. The molecule has 0 bridgehead atoms. The van der Waals surface area contributed by atoms with Crippen molar-refractivity contribution in [3.8, 4) is 11.5 Å². The Morgan fingerprint density at radius 3 is 2.53 bits per heavy atom. The van der Waals surface area contributed by atoms with Gasteiger partial charge in [0.05, 0.1) is 12.1 Å². The lowest BCUT2D eigenvalue weighted by Crippen LogP contribution is -2.67. The molecular weight excluding hydrogens is 474 g/mol. The largest absolute Gasteiger partial charge is 0.504 e. The summed E-state index contributed by atoms with van der Waals surface area (Å²) in [6, 6.07) is 9.86. The Morgan fingerprint density at radius 1 is 1.15 bits per heavy atom. The molecule has 0 saturated carbocycles. The molecule has 3 rings (SSSR count). The van der Waals surface area contributed by atoms with Crippen LogP contribution in [0.5, 0.6) is 11.5 Å². The Morgan fingerprint density at radius 2 is 1.85 bits per heavy atom. The van der Waals surface area contributed by atoms with E-state index in [0.29, 0.717) is 4.90 Å². The number of phenolic OH excluding ortho intramolecular Hbond substituents is 2. The Hall–Kier alpha value is -4.24. The lowest BCUT2D eigenvalue weighted by atomic mass is 10.1. The lowest BCUT2D eigenvalue weighted by Gasteiger charge is -2.35. The fourth-order valence-electron chi connectivity index (χ4n) is 2.74. The molecule has 0 radical (unpaired) electrons. The minimum absolute atomic E-state index is 0.0345. The molecule has 1 heterocycles. The summed E-state index contributed by atoms with van der Waals surface area (Å²) in [5.74, 6) is -2.19. The van der Waals surface area contributed by atoms with Crippen molar-refractivity contribution in [1.82, 2.24) is 14.9 Å². The van der Waals surface area contributed by atoms with Gasteiger partial charge in [-0.1, -0.05) is 42.5 Å². The SMILES string of the molecule is O=C(NC1CN(C(=O)NS(=O)(=O)N=NC(O)c2cccc(O)c2O)C1=O)OCc1ccccc1. The van der Waals surface area contributed by atoms with E-state index in [2.05, 4.69) is 15.0 Å². The fraction of sp³-hybridized carbons (Fsp3) is 0.211. The van der Waals surface area contributed by atoms with Gasteiger partial charge in [0.15, 0.2) is 17.7 Å². The van der Waals surface area contributed by atoms with Gasteiger partial charge in [-0.2, -0.15) is 8.42 Å². The molecular formula is C19H19N5O9S. The minimum Gasteiger partial charge on any atom is -0.504 e. The predicted octanol–water partition coefficient (Wildman–Crippen LogP) is 0.633. The number of urea groups is 1. The zero-order valence-electron chi connectivity index (χ0n) is 17.2. The number of nitrogens with one attached hydrogen (secondary N) is 2. The Kier molecular flexibility index (Phi) is 7.28. The number of likely N-dealkylation sites (tertiary alicyclic amines) is 1. The number of alkyl carbamates (subject to hydrolysis) is 1. The average Bonchev–Trinajstić information content (AvgIpc) is 2.80. The molecule has 2 atom stereocenters. The molecule has 0 aromatic heterocycles. The van der Waals surface area contributed by atoms with Crippen LogP contribution in [0.15, 0.2) is 58.2 Å². The second-order valence-electron chi connectivity index (χ2n) is 6.88. The van der Waals surface area contributed by atoms with E-state index >= 15 is 0 Å².